The zero-order valence-electron chi connectivity index (χ0n) is 12.7. The second-order valence-corrected chi connectivity index (χ2v) is 6.58. The van der Waals surface area contributed by atoms with Crippen molar-refractivity contribution in [2.45, 2.75) is 69.1 Å². The lowest BCUT2D eigenvalue weighted by atomic mass is 9.78. The highest BCUT2D eigenvalue weighted by atomic mass is 16.5. The van der Waals surface area contributed by atoms with Gasteiger partial charge >= 0.3 is 0 Å². The van der Waals surface area contributed by atoms with E-state index in [9.17, 15) is 5.11 Å². The molecule has 3 atom stereocenters. The van der Waals surface area contributed by atoms with Gasteiger partial charge in [0.25, 0.3) is 0 Å². The Balaban J connectivity index is 1.94. The van der Waals surface area contributed by atoms with E-state index in [0.29, 0.717) is 18.1 Å². The van der Waals surface area contributed by atoms with Crippen LogP contribution in [0.5, 0.6) is 0 Å². The van der Waals surface area contributed by atoms with Crippen LogP contribution in [0, 0.1) is 0 Å². The zero-order chi connectivity index (χ0) is 13.9. The monoisotopic (exact) mass is 270 g/mol. The number of aliphatic hydroxyl groups is 1. The van der Waals surface area contributed by atoms with E-state index in [1.54, 1.807) is 7.11 Å². The van der Waals surface area contributed by atoms with Gasteiger partial charge in [-0.1, -0.05) is 0 Å². The number of nitrogens with one attached hydrogen (secondary N) is 1. The molecule has 0 amide bonds. The van der Waals surface area contributed by atoms with Crippen LogP contribution in [0.2, 0.25) is 0 Å². The molecular weight excluding hydrogens is 240 g/mol. The first-order valence-electron chi connectivity index (χ1n) is 7.69. The van der Waals surface area contributed by atoms with Crippen LogP contribution in [0.4, 0.5) is 0 Å². The highest BCUT2D eigenvalue weighted by molar-refractivity contribution is 5.00. The quantitative estimate of drug-likeness (QED) is 0.733. The molecule has 19 heavy (non-hydrogen) atoms. The standard InChI is InChI=1S/C15H30N2O2/c1-12(10-19-3)17(2)14-5-4-8-15(9-14,11-18)16-13-6-7-13/h12-14,16,18H,4-11H2,1-3H3. The number of nitrogens with zero attached hydrogens (tertiary/aromatic N) is 1. The van der Waals surface area contributed by atoms with Gasteiger partial charge in [0.1, 0.15) is 0 Å². The van der Waals surface area contributed by atoms with Gasteiger partial charge in [-0.25, -0.2) is 0 Å². The van der Waals surface area contributed by atoms with E-state index in [-0.39, 0.29) is 12.1 Å². The number of likely N-dealkylation sites (N-methyl/N-ethyl adjacent to an activating group) is 1. The summed E-state index contributed by atoms with van der Waals surface area (Å²) < 4.78 is 5.26. The molecule has 0 heterocycles. The fraction of sp³-hybridized carbons (Fsp3) is 1.00. The summed E-state index contributed by atoms with van der Waals surface area (Å²) in [6.07, 6.45) is 7.17. The predicted octanol–water partition coefficient (Wildman–Crippen LogP) is 1.38. The molecule has 0 aromatic rings. The summed E-state index contributed by atoms with van der Waals surface area (Å²) in [7, 11) is 3.96. The Morgan fingerprint density at radius 2 is 2.16 bits per heavy atom. The molecule has 0 aromatic carbocycles. The maximum atomic E-state index is 9.85. The topological polar surface area (TPSA) is 44.7 Å². The summed E-state index contributed by atoms with van der Waals surface area (Å²) in [5, 5.41) is 13.6. The average molecular weight is 270 g/mol. The summed E-state index contributed by atoms with van der Waals surface area (Å²) >= 11 is 0. The Bertz CT molecular complexity index is 283. The molecule has 0 saturated heterocycles. The summed E-state index contributed by atoms with van der Waals surface area (Å²) in [6.45, 7) is 3.26. The highest BCUT2D eigenvalue weighted by Gasteiger charge is 2.41. The van der Waals surface area contributed by atoms with Crippen molar-refractivity contribution in [1.82, 2.24) is 10.2 Å². The fourth-order valence-corrected chi connectivity index (χ4v) is 3.38. The first-order valence-corrected chi connectivity index (χ1v) is 7.69. The normalized spacial score (nSPS) is 33.6. The van der Waals surface area contributed by atoms with Crippen LogP contribution < -0.4 is 5.32 Å². The van der Waals surface area contributed by atoms with Gasteiger partial charge in [-0.2, -0.15) is 0 Å². The van der Waals surface area contributed by atoms with Gasteiger partial charge in [0.05, 0.1) is 13.2 Å². The van der Waals surface area contributed by atoms with Crippen molar-refractivity contribution in [2.24, 2.45) is 0 Å². The third-order valence-electron chi connectivity index (χ3n) is 4.89. The highest BCUT2D eigenvalue weighted by Crippen LogP contribution is 2.34. The third kappa shape index (κ3) is 3.91. The minimum absolute atomic E-state index is 0.0366. The summed E-state index contributed by atoms with van der Waals surface area (Å²) in [5.74, 6) is 0. The Morgan fingerprint density at radius 1 is 1.42 bits per heavy atom. The molecular formula is C15H30N2O2. The molecule has 112 valence electrons. The first kappa shape index (κ1) is 15.2. The molecule has 2 saturated carbocycles. The molecule has 2 N–H and O–H groups in total. The Labute approximate surface area is 117 Å². The molecule has 4 heteroatoms. The van der Waals surface area contributed by atoms with Crippen LogP contribution in [0.3, 0.4) is 0 Å². The van der Waals surface area contributed by atoms with Crippen molar-refractivity contribution in [1.29, 1.82) is 0 Å². The maximum absolute atomic E-state index is 9.85. The second-order valence-electron chi connectivity index (χ2n) is 6.58. The molecule has 3 unspecified atom stereocenters. The largest absolute Gasteiger partial charge is 0.394 e. The van der Waals surface area contributed by atoms with Gasteiger partial charge in [-0.05, 0) is 52.5 Å². The van der Waals surface area contributed by atoms with E-state index in [0.717, 1.165) is 19.4 Å². The fourth-order valence-electron chi connectivity index (χ4n) is 3.38. The van der Waals surface area contributed by atoms with Crippen LogP contribution in [0.1, 0.15) is 45.4 Å². The van der Waals surface area contributed by atoms with Gasteiger partial charge in [-0.15, -0.1) is 0 Å². The summed E-state index contributed by atoms with van der Waals surface area (Å²) in [5.41, 5.74) is -0.0366. The number of hydrogen-bond donors (Lipinski definition) is 2. The molecule has 4 nitrogen and oxygen atoms in total. The first-order chi connectivity index (χ1) is 9.10. The minimum atomic E-state index is -0.0366. The molecule has 0 bridgehead atoms. The van der Waals surface area contributed by atoms with Crippen LogP contribution in [-0.4, -0.2) is 61.0 Å². The minimum Gasteiger partial charge on any atom is -0.394 e. The van der Waals surface area contributed by atoms with E-state index < -0.39 is 0 Å². The molecule has 2 aliphatic rings. The average Bonchev–Trinajstić information content (AvgIpc) is 3.22. The van der Waals surface area contributed by atoms with E-state index in [2.05, 4.69) is 24.2 Å². The molecule has 2 fully saturated rings. The Kier molecular flexibility index (Phi) is 5.23. The molecule has 0 aliphatic heterocycles. The van der Waals surface area contributed by atoms with Gasteiger partial charge < -0.3 is 15.2 Å². The lowest BCUT2D eigenvalue weighted by Crippen LogP contribution is -2.57. The lowest BCUT2D eigenvalue weighted by Gasteiger charge is -2.45. The van der Waals surface area contributed by atoms with Crippen LogP contribution in [0.25, 0.3) is 0 Å². The van der Waals surface area contributed by atoms with Crippen LogP contribution >= 0.6 is 0 Å². The maximum Gasteiger partial charge on any atom is 0.0615 e. The van der Waals surface area contributed by atoms with Crippen molar-refractivity contribution in [3.63, 3.8) is 0 Å². The number of aliphatic hydroxyl groups excluding tert-OH is 1. The zero-order valence-corrected chi connectivity index (χ0v) is 12.7. The van der Waals surface area contributed by atoms with Crippen molar-refractivity contribution in [3.8, 4) is 0 Å². The van der Waals surface area contributed by atoms with E-state index in [1.165, 1.54) is 25.7 Å². The van der Waals surface area contributed by atoms with E-state index in [1.807, 2.05) is 0 Å². The number of ether oxygens (including phenoxy) is 1. The molecule has 2 rings (SSSR count). The van der Waals surface area contributed by atoms with Crippen LogP contribution in [-0.2, 0) is 4.74 Å². The Morgan fingerprint density at radius 3 is 2.74 bits per heavy atom. The van der Waals surface area contributed by atoms with Gasteiger partial charge in [0.2, 0.25) is 0 Å². The van der Waals surface area contributed by atoms with Crippen molar-refractivity contribution < 1.29 is 9.84 Å². The van der Waals surface area contributed by atoms with E-state index in [4.69, 9.17) is 4.74 Å². The van der Waals surface area contributed by atoms with Gasteiger partial charge in [-0.3, -0.25) is 4.90 Å². The van der Waals surface area contributed by atoms with E-state index >= 15 is 0 Å². The SMILES string of the molecule is COCC(C)N(C)C1CCCC(CO)(NC2CC2)C1. The molecule has 0 radical (unpaired) electrons. The predicted molar refractivity (Wildman–Crippen MR) is 77.3 cm³/mol. The third-order valence-corrected chi connectivity index (χ3v) is 4.89. The second kappa shape index (κ2) is 6.53. The number of methoxy groups -OCH3 is 1. The number of rotatable bonds is 7. The van der Waals surface area contributed by atoms with Gasteiger partial charge in [0.15, 0.2) is 0 Å². The molecule has 2 aliphatic carbocycles. The molecule has 0 spiro atoms. The van der Waals surface area contributed by atoms with Crippen molar-refractivity contribution in [2.75, 3.05) is 27.4 Å². The number of hydrogen-bond acceptors (Lipinski definition) is 4. The van der Waals surface area contributed by atoms with Crippen molar-refractivity contribution in [3.05, 3.63) is 0 Å². The molecule has 0 aromatic heterocycles. The Hall–Kier alpha value is -0.160. The summed E-state index contributed by atoms with van der Waals surface area (Å²) in [4.78, 5) is 2.43. The smallest absolute Gasteiger partial charge is 0.0615 e. The lowest BCUT2D eigenvalue weighted by molar-refractivity contribution is 0.0330. The van der Waals surface area contributed by atoms with Gasteiger partial charge in [0, 0.05) is 30.8 Å². The van der Waals surface area contributed by atoms with Crippen LogP contribution in [0.15, 0.2) is 0 Å². The summed E-state index contributed by atoms with van der Waals surface area (Å²) in [6, 6.07) is 1.65. The van der Waals surface area contributed by atoms with Crippen molar-refractivity contribution >= 4 is 0 Å².